The summed E-state index contributed by atoms with van der Waals surface area (Å²) in [7, 11) is 0. The fourth-order valence-corrected chi connectivity index (χ4v) is 1.44. The molecule has 0 spiro atoms. The van der Waals surface area contributed by atoms with Gasteiger partial charge in [-0.1, -0.05) is 34.6 Å². The summed E-state index contributed by atoms with van der Waals surface area (Å²) in [6, 6.07) is 0.715. The molecule has 2 unspecified atom stereocenters. The summed E-state index contributed by atoms with van der Waals surface area (Å²) in [6.07, 6.45) is 0. The fourth-order valence-electron chi connectivity index (χ4n) is 1.44. The molecular weight excluding hydrogens is 162 g/mol. The van der Waals surface area contributed by atoms with Crippen LogP contribution in [0.1, 0.15) is 41.5 Å². The van der Waals surface area contributed by atoms with Crippen LogP contribution in [-0.4, -0.2) is 17.9 Å². The first-order valence-electron chi connectivity index (χ1n) is 5.16. The van der Waals surface area contributed by atoms with Gasteiger partial charge in [0.25, 0.3) is 0 Å². The second kappa shape index (κ2) is 5.38. The zero-order chi connectivity index (χ0) is 10.6. The van der Waals surface area contributed by atoms with E-state index in [-0.39, 0.29) is 17.9 Å². The largest absolute Gasteiger partial charge is 0.311 e. The van der Waals surface area contributed by atoms with Gasteiger partial charge in [-0.2, -0.15) is 0 Å². The Bertz CT molecular complexity index is 163. The van der Waals surface area contributed by atoms with Crippen LogP contribution in [0.5, 0.6) is 0 Å². The Morgan fingerprint density at radius 2 is 1.46 bits per heavy atom. The van der Waals surface area contributed by atoms with Gasteiger partial charge in [0.15, 0.2) is 0 Å². The maximum absolute atomic E-state index is 11.6. The fraction of sp³-hybridized carbons (Fsp3) is 0.909. The van der Waals surface area contributed by atoms with Crippen molar-refractivity contribution in [2.24, 2.45) is 11.8 Å². The monoisotopic (exact) mass is 185 g/mol. The molecule has 13 heavy (non-hydrogen) atoms. The van der Waals surface area contributed by atoms with Crippen molar-refractivity contribution in [3.63, 3.8) is 0 Å². The van der Waals surface area contributed by atoms with Crippen LogP contribution in [0.25, 0.3) is 0 Å². The Kier molecular flexibility index (Phi) is 5.23. The minimum absolute atomic E-state index is 0.113. The van der Waals surface area contributed by atoms with E-state index in [2.05, 4.69) is 26.1 Å². The number of nitrogens with one attached hydrogen (secondary N) is 1. The van der Waals surface area contributed by atoms with Crippen molar-refractivity contribution < 1.29 is 4.79 Å². The molecule has 0 aromatic heterocycles. The summed E-state index contributed by atoms with van der Waals surface area (Å²) in [5.41, 5.74) is 0. The molecule has 0 aliphatic carbocycles. The summed E-state index contributed by atoms with van der Waals surface area (Å²) < 4.78 is 0. The van der Waals surface area contributed by atoms with Crippen LogP contribution in [0.2, 0.25) is 0 Å². The molecule has 2 heteroatoms. The van der Waals surface area contributed by atoms with Gasteiger partial charge < -0.3 is 5.32 Å². The maximum atomic E-state index is 11.6. The quantitative estimate of drug-likeness (QED) is 0.711. The Labute approximate surface area is 82.1 Å². The molecule has 0 radical (unpaired) electrons. The van der Waals surface area contributed by atoms with Gasteiger partial charge in [0.1, 0.15) is 5.78 Å². The van der Waals surface area contributed by atoms with Crippen LogP contribution >= 0.6 is 0 Å². The number of Topliss-reactive ketones (excluding diaryl/α,β-unsaturated/α-hetero) is 1. The van der Waals surface area contributed by atoms with Gasteiger partial charge in [-0.15, -0.1) is 0 Å². The molecule has 2 nitrogen and oxygen atoms in total. The molecule has 0 aromatic rings. The van der Waals surface area contributed by atoms with E-state index in [1.54, 1.807) is 0 Å². The topological polar surface area (TPSA) is 29.1 Å². The van der Waals surface area contributed by atoms with Crippen LogP contribution in [0, 0.1) is 11.8 Å². The first kappa shape index (κ1) is 12.6. The Morgan fingerprint density at radius 3 is 1.77 bits per heavy atom. The summed E-state index contributed by atoms with van der Waals surface area (Å²) in [6.45, 7) is 12.2. The van der Waals surface area contributed by atoms with Gasteiger partial charge >= 0.3 is 0 Å². The molecule has 0 heterocycles. The van der Waals surface area contributed by atoms with Crippen molar-refractivity contribution in [1.82, 2.24) is 5.32 Å². The predicted molar refractivity (Wildman–Crippen MR) is 56.7 cm³/mol. The van der Waals surface area contributed by atoms with Crippen molar-refractivity contribution >= 4 is 5.78 Å². The number of carbonyl (C=O) groups excluding carboxylic acids is 1. The molecule has 0 aromatic carbocycles. The Hall–Kier alpha value is -0.370. The second-order valence-electron chi connectivity index (χ2n) is 4.46. The molecule has 0 aliphatic heterocycles. The summed E-state index contributed by atoms with van der Waals surface area (Å²) in [5, 5.41) is 3.36. The van der Waals surface area contributed by atoms with Gasteiger partial charge in [0.05, 0.1) is 0 Å². The highest BCUT2D eigenvalue weighted by atomic mass is 16.1. The molecule has 0 saturated heterocycles. The highest BCUT2D eigenvalue weighted by Crippen LogP contribution is 2.11. The third kappa shape index (κ3) is 4.41. The standard InChI is InChI=1S/C11H23NO/c1-7(2)11(13)9(5)10(6)12-8(3)4/h7-10,12H,1-6H3. The number of carbonyl (C=O) groups is 1. The Balaban J connectivity index is 4.09. The Morgan fingerprint density at radius 1 is 1.00 bits per heavy atom. The summed E-state index contributed by atoms with van der Waals surface area (Å²) >= 11 is 0. The van der Waals surface area contributed by atoms with E-state index in [4.69, 9.17) is 0 Å². The molecule has 0 rings (SSSR count). The zero-order valence-electron chi connectivity index (χ0n) is 9.72. The first-order chi connectivity index (χ1) is 5.86. The third-order valence-corrected chi connectivity index (χ3v) is 2.36. The van der Waals surface area contributed by atoms with E-state index in [0.29, 0.717) is 11.8 Å². The molecule has 0 fully saturated rings. The number of hydrogen-bond acceptors (Lipinski definition) is 2. The van der Waals surface area contributed by atoms with E-state index in [1.165, 1.54) is 0 Å². The molecule has 1 N–H and O–H groups in total. The van der Waals surface area contributed by atoms with Crippen molar-refractivity contribution in [2.45, 2.75) is 53.6 Å². The van der Waals surface area contributed by atoms with Crippen LogP contribution in [0.4, 0.5) is 0 Å². The van der Waals surface area contributed by atoms with Gasteiger partial charge in [-0.3, -0.25) is 4.79 Å². The zero-order valence-corrected chi connectivity index (χ0v) is 9.72. The average molecular weight is 185 g/mol. The molecule has 0 amide bonds. The normalized spacial score (nSPS) is 16.3. The van der Waals surface area contributed by atoms with Crippen molar-refractivity contribution in [3.05, 3.63) is 0 Å². The number of ketones is 1. The minimum Gasteiger partial charge on any atom is -0.311 e. The number of rotatable bonds is 5. The lowest BCUT2D eigenvalue weighted by Gasteiger charge is -2.23. The third-order valence-electron chi connectivity index (χ3n) is 2.36. The summed E-state index contributed by atoms with van der Waals surface area (Å²) in [4.78, 5) is 11.6. The van der Waals surface area contributed by atoms with Crippen molar-refractivity contribution in [1.29, 1.82) is 0 Å². The average Bonchev–Trinajstić information content (AvgIpc) is 2.00. The predicted octanol–water partition coefficient (Wildman–Crippen LogP) is 2.23. The van der Waals surface area contributed by atoms with E-state index in [0.717, 1.165) is 0 Å². The van der Waals surface area contributed by atoms with Gasteiger partial charge in [0, 0.05) is 23.9 Å². The molecule has 0 bridgehead atoms. The second-order valence-corrected chi connectivity index (χ2v) is 4.46. The molecule has 0 saturated carbocycles. The van der Waals surface area contributed by atoms with Gasteiger partial charge in [0.2, 0.25) is 0 Å². The SMILES string of the molecule is CC(C)NC(C)C(C)C(=O)C(C)C. The van der Waals surface area contributed by atoms with Crippen molar-refractivity contribution in [2.75, 3.05) is 0 Å². The van der Waals surface area contributed by atoms with Gasteiger partial charge in [-0.05, 0) is 6.92 Å². The van der Waals surface area contributed by atoms with E-state index in [9.17, 15) is 4.79 Å². The van der Waals surface area contributed by atoms with Crippen LogP contribution in [0.15, 0.2) is 0 Å². The lowest BCUT2D eigenvalue weighted by molar-refractivity contribution is -0.126. The van der Waals surface area contributed by atoms with E-state index < -0.39 is 0 Å². The smallest absolute Gasteiger partial charge is 0.139 e. The lowest BCUT2D eigenvalue weighted by atomic mass is 9.91. The molecule has 78 valence electrons. The summed E-state index contributed by atoms with van der Waals surface area (Å²) in [5.74, 6) is 0.606. The van der Waals surface area contributed by atoms with Crippen LogP contribution < -0.4 is 5.32 Å². The first-order valence-corrected chi connectivity index (χ1v) is 5.16. The molecular formula is C11H23NO. The molecule has 2 atom stereocenters. The minimum atomic E-state index is 0.113. The van der Waals surface area contributed by atoms with E-state index in [1.807, 2.05) is 20.8 Å². The highest BCUT2D eigenvalue weighted by Gasteiger charge is 2.22. The maximum Gasteiger partial charge on any atom is 0.139 e. The highest BCUT2D eigenvalue weighted by molar-refractivity contribution is 5.83. The van der Waals surface area contributed by atoms with E-state index >= 15 is 0 Å². The van der Waals surface area contributed by atoms with Gasteiger partial charge in [-0.25, -0.2) is 0 Å². The lowest BCUT2D eigenvalue weighted by Crippen LogP contribution is -2.41. The van der Waals surface area contributed by atoms with Crippen LogP contribution in [0.3, 0.4) is 0 Å². The van der Waals surface area contributed by atoms with Crippen LogP contribution in [-0.2, 0) is 4.79 Å². The number of hydrogen-bond donors (Lipinski definition) is 1. The van der Waals surface area contributed by atoms with Crippen molar-refractivity contribution in [3.8, 4) is 0 Å². The molecule has 0 aliphatic rings.